The minimum atomic E-state index is 0.754. The van der Waals surface area contributed by atoms with Crippen molar-refractivity contribution in [2.75, 3.05) is 31.1 Å². The number of aryl methyl sites for hydroxylation is 2. The molecular formula is C18H28N2. The van der Waals surface area contributed by atoms with Gasteiger partial charge in [-0.25, -0.2) is 0 Å². The van der Waals surface area contributed by atoms with Gasteiger partial charge in [-0.2, -0.15) is 0 Å². The van der Waals surface area contributed by atoms with Crippen molar-refractivity contribution in [1.82, 2.24) is 5.32 Å². The molecule has 3 rings (SSSR count). The first-order valence-electron chi connectivity index (χ1n) is 8.30. The molecule has 2 aliphatic rings. The van der Waals surface area contributed by atoms with Crippen LogP contribution in [0.1, 0.15) is 37.8 Å². The summed E-state index contributed by atoms with van der Waals surface area (Å²) in [6.45, 7) is 9.34. The van der Waals surface area contributed by atoms with Crippen LogP contribution in [0.2, 0.25) is 0 Å². The first-order chi connectivity index (χ1) is 9.72. The van der Waals surface area contributed by atoms with Gasteiger partial charge in [0.05, 0.1) is 0 Å². The highest BCUT2D eigenvalue weighted by atomic mass is 15.2. The molecule has 0 spiro atoms. The molecule has 0 amide bonds. The zero-order chi connectivity index (χ0) is 13.9. The molecule has 0 bridgehead atoms. The fraction of sp³-hybridized carbons (Fsp3) is 0.667. The number of hydrogen-bond acceptors (Lipinski definition) is 2. The van der Waals surface area contributed by atoms with E-state index in [0.29, 0.717) is 0 Å². The third-order valence-corrected chi connectivity index (χ3v) is 4.72. The average molecular weight is 272 g/mol. The van der Waals surface area contributed by atoms with Crippen molar-refractivity contribution < 1.29 is 0 Å². The molecule has 1 aliphatic heterocycles. The maximum atomic E-state index is 3.61. The monoisotopic (exact) mass is 272 g/mol. The molecule has 20 heavy (non-hydrogen) atoms. The maximum Gasteiger partial charge on any atom is 0.0369 e. The first-order valence-corrected chi connectivity index (χ1v) is 8.30. The van der Waals surface area contributed by atoms with Crippen molar-refractivity contribution in [2.24, 2.45) is 11.8 Å². The summed E-state index contributed by atoms with van der Waals surface area (Å²) in [7, 11) is 0. The number of hydrogen-bond donors (Lipinski definition) is 1. The van der Waals surface area contributed by atoms with E-state index in [4.69, 9.17) is 0 Å². The van der Waals surface area contributed by atoms with Crippen LogP contribution in [0, 0.1) is 11.8 Å². The lowest BCUT2D eigenvalue weighted by Crippen LogP contribution is -2.28. The van der Waals surface area contributed by atoms with Gasteiger partial charge in [-0.3, -0.25) is 0 Å². The summed E-state index contributed by atoms with van der Waals surface area (Å²) in [4.78, 5) is 2.58. The van der Waals surface area contributed by atoms with Gasteiger partial charge in [-0.05, 0) is 73.9 Å². The fourth-order valence-electron chi connectivity index (χ4n) is 3.56. The van der Waals surface area contributed by atoms with Gasteiger partial charge >= 0.3 is 0 Å². The number of anilines is 1. The van der Waals surface area contributed by atoms with Crippen molar-refractivity contribution >= 4 is 5.69 Å². The molecule has 1 saturated heterocycles. The van der Waals surface area contributed by atoms with E-state index >= 15 is 0 Å². The van der Waals surface area contributed by atoms with E-state index in [9.17, 15) is 0 Å². The molecule has 1 atom stereocenters. The summed E-state index contributed by atoms with van der Waals surface area (Å²) in [5, 5.41) is 3.61. The van der Waals surface area contributed by atoms with Crippen LogP contribution in [0.5, 0.6) is 0 Å². The Hall–Kier alpha value is -1.02. The van der Waals surface area contributed by atoms with Crippen LogP contribution in [0.25, 0.3) is 0 Å². The molecule has 1 aliphatic carbocycles. The maximum absolute atomic E-state index is 3.61. The van der Waals surface area contributed by atoms with Crippen LogP contribution in [-0.4, -0.2) is 26.2 Å². The normalized spacial score (nSPS) is 21.8. The molecule has 1 fully saturated rings. The minimum absolute atomic E-state index is 0.754. The second-order valence-electron chi connectivity index (χ2n) is 6.96. The summed E-state index contributed by atoms with van der Waals surface area (Å²) in [6, 6.07) is 7.16. The van der Waals surface area contributed by atoms with Crippen LogP contribution in [0.3, 0.4) is 0 Å². The Morgan fingerprint density at radius 3 is 2.95 bits per heavy atom. The van der Waals surface area contributed by atoms with E-state index in [0.717, 1.165) is 18.4 Å². The number of fused-ring (bicyclic) bond motifs is 1. The van der Waals surface area contributed by atoms with Gasteiger partial charge < -0.3 is 10.2 Å². The van der Waals surface area contributed by atoms with Gasteiger partial charge in [0.15, 0.2) is 0 Å². The molecule has 1 aromatic carbocycles. The third-order valence-electron chi connectivity index (χ3n) is 4.72. The standard InChI is InChI=1S/C18H28N2/c1-14(2)11-19-12-15-8-9-20(13-15)18-7-6-16-4-3-5-17(16)10-18/h6-7,10,14-15,19H,3-5,8-9,11-13H2,1-2H3. The lowest BCUT2D eigenvalue weighted by molar-refractivity contribution is 0.477. The van der Waals surface area contributed by atoms with Gasteiger partial charge in [-0.1, -0.05) is 19.9 Å². The fourth-order valence-corrected chi connectivity index (χ4v) is 3.56. The Morgan fingerprint density at radius 1 is 1.25 bits per heavy atom. The molecule has 1 N–H and O–H groups in total. The van der Waals surface area contributed by atoms with Crippen molar-refractivity contribution in [1.29, 1.82) is 0 Å². The highest BCUT2D eigenvalue weighted by Crippen LogP contribution is 2.29. The summed E-state index contributed by atoms with van der Waals surface area (Å²) in [5.41, 5.74) is 4.64. The van der Waals surface area contributed by atoms with E-state index in [1.165, 1.54) is 51.0 Å². The SMILES string of the molecule is CC(C)CNCC1CCN(c2ccc3c(c2)CCC3)C1. The third kappa shape index (κ3) is 3.17. The number of nitrogens with one attached hydrogen (secondary N) is 1. The van der Waals surface area contributed by atoms with E-state index in [1.807, 2.05) is 0 Å². The Bertz CT molecular complexity index is 453. The number of nitrogens with zero attached hydrogens (tertiary/aromatic N) is 1. The number of rotatable bonds is 5. The van der Waals surface area contributed by atoms with Gasteiger partial charge in [0, 0.05) is 18.8 Å². The quantitative estimate of drug-likeness (QED) is 0.885. The zero-order valence-corrected chi connectivity index (χ0v) is 13.0. The predicted molar refractivity (Wildman–Crippen MR) is 86.5 cm³/mol. The number of benzene rings is 1. The largest absolute Gasteiger partial charge is 0.371 e. The van der Waals surface area contributed by atoms with Gasteiger partial charge in [0.2, 0.25) is 0 Å². The van der Waals surface area contributed by atoms with E-state index in [-0.39, 0.29) is 0 Å². The summed E-state index contributed by atoms with van der Waals surface area (Å²) >= 11 is 0. The second-order valence-corrected chi connectivity index (χ2v) is 6.96. The topological polar surface area (TPSA) is 15.3 Å². The molecule has 2 nitrogen and oxygen atoms in total. The Kier molecular flexibility index (Phi) is 4.30. The first kappa shape index (κ1) is 13.9. The molecule has 0 aromatic heterocycles. The lowest BCUT2D eigenvalue weighted by atomic mass is 10.1. The van der Waals surface area contributed by atoms with Crippen molar-refractivity contribution in [3.63, 3.8) is 0 Å². The van der Waals surface area contributed by atoms with Gasteiger partial charge in [0.25, 0.3) is 0 Å². The molecule has 1 heterocycles. The second kappa shape index (κ2) is 6.17. The molecule has 2 heteroatoms. The van der Waals surface area contributed by atoms with Gasteiger partial charge in [0.1, 0.15) is 0 Å². The molecule has 0 radical (unpaired) electrons. The molecule has 1 aromatic rings. The van der Waals surface area contributed by atoms with Crippen LogP contribution >= 0.6 is 0 Å². The van der Waals surface area contributed by atoms with Crippen molar-refractivity contribution in [3.8, 4) is 0 Å². The van der Waals surface area contributed by atoms with Crippen molar-refractivity contribution in [3.05, 3.63) is 29.3 Å². The van der Waals surface area contributed by atoms with E-state index in [2.05, 4.69) is 42.3 Å². The van der Waals surface area contributed by atoms with E-state index in [1.54, 1.807) is 11.1 Å². The van der Waals surface area contributed by atoms with Crippen LogP contribution in [-0.2, 0) is 12.8 Å². The Morgan fingerprint density at radius 2 is 2.10 bits per heavy atom. The summed E-state index contributed by atoms with van der Waals surface area (Å²) in [5.74, 6) is 1.58. The van der Waals surface area contributed by atoms with Crippen LogP contribution < -0.4 is 10.2 Å². The van der Waals surface area contributed by atoms with E-state index < -0.39 is 0 Å². The molecule has 110 valence electrons. The minimum Gasteiger partial charge on any atom is -0.371 e. The average Bonchev–Trinajstić information content (AvgIpc) is 3.05. The van der Waals surface area contributed by atoms with Crippen LogP contribution in [0.15, 0.2) is 18.2 Å². The van der Waals surface area contributed by atoms with Gasteiger partial charge in [-0.15, -0.1) is 0 Å². The summed E-state index contributed by atoms with van der Waals surface area (Å²) in [6.07, 6.45) is 5.26. The predicted octanol–water partition coefficient (Wildman–Crippen LogP) is 3.25. The molecular weight excluding hydrogens is 244 g/mol. The highest BCUT2D eigenvalue weighted by molar-refractivity contribution is 5.53. The summed E-state index contributed by atoms with van der Waals surface area (Å²) < 4.78 is 0. The lowest BCUT2D eigenvalue weighted by Gasteiger charge is -2.20. The smallest absolute Gasteiger partial charge is 0.0369 e. The Labute approximate surface area is 123 Å². The highest BCUT2D eigenvalue weighted by Gasteiger charge is 2.23. The Balaban J connectivity index is 1.54. The van der Waals surface area contributed by atoms with Crippen LogP contribution in [0.4, 0.5) is 5.69 Å². The molecule has 0 saturated carbocycles. The van der Waals surface area contributed by atoms with Crippen molar-refractivity contribution in [2.45, 2.75) is 39.5 Å². The molecule has 1 unspecified atom stereocenters. The zero-order valence-electron chi connectivity index (χ0n) is 13.0.